The summed E-state index contributed by atoms with van der Waals surface area (Å²) in [6, 6.07) is 7.81. The smallest absolute Gasteiger partial charge is 0.328 e. The molecule has 19 heavy (non-hydrogen) atoms. The normalized spacial score (nSPS) is 16.9. The number of carbonyl (C=O) groups is 2. The first-order valence-corrected chi connectivity index (χ1v) is 6.37. The molecule has 0 aliphatic carbocycles. The molecule has 0 unspecified atom stereocenters. The third-order valence-corrected chi connectivity index (χ3v) is 3.22. The maximum atomic E-state index is 11.2. The van der Waals surface area contributed by atoms with Crippen LogP contribution in [-0.2, 0) is 16.1 Å². The van der Waals surface area contributed by atoms with Gasteiger partial charge in [-0.2, -0.15) is 0 Å². The highest BCUT2D eigenvalue weighted by Crippen LogP contribution is 2.12. The number of hydrogen-bond donors (Lipinski definition) is 1. The van der Waals surface area contributed by atoms with Crippen molar-refractivity contribution in [3.63, 3.8) is 0 Å². The third-order valence-electron chi connectivity index (χ3n) is 3.22. The largest absolute Gasteiger partial charge is 0.478 e. The van der Waals surface area contributed by atoms with Gasteiger partial charge in [-0.05, 0) is 17.2 Å². The molecule has 4 heteroatoms. The molecule has 1 aliphatic heterocycles. The first-order chi connectivity index (χ1) is 9.13. The molecule has 1 fully saturated rings. The molecule has 0 saturated carbocycles. The number of benzene rings is 1. The average molecular weight is 259 g/mol. The van der Waals surface area contributed by atoms with Gasteiger partial charge in [-0.25, -0.2) is 4.79 Å². The van der Waals surface area contributed by atoms with Crippen molar-refractivity contribution in [1.82, 2.24) is 4.90 Å². The second-order valence-electron chi connectivity index (χ2n) is 4.73. The Bertz CT molecular complexity index is 481. The van der Waals surface area contributed by atoms with Gasteiger partial charge in [-0.3, -0.25) is 9.69 Å². The minimum absolute atomic E-state index is 0.352. The average Bonchev–Trinajstić information content (AvgIpc) is 2.40. The van der Waals surface area contributed by atoms with Crippen molar-refractivity contribution in [1.29, 1.82) is 0 Å². The lowest BCUT2D eigenvalue weighted by molar-refractivity contribution is -0.131. The molecule has 100 valence electrons. The van der Waals surface area contributed by atoms with Crippen LogP contribution in [0.15, 0.2) is 30.3 Å². The van der Waals surface area contributed by atoms with E-state index in [1.165, 1.54) is 5.56 Å². The van der Waals surface area contributed by atoms with Gasteiger partial charge in [0, 0.05) is 38.6 Å². The molecule has 1 aliphatic rings. The molecule has 0 atom stereocenters. The van der Waals surface area contributed by atoms with Crippen molar-refractivity contribution in [3.05, 3.63) is 41.5 Å². The second-order valence-corrected chi connectivity index (χ2v) is 4.73. The number of aliphatic carboxylic acids is 1. The monoisotopic (exact) mass is 259 g/mol. The van der Waals surface area contributed by atoms with Crippen LogP contribution in [0.2, 0.25) is 0 Å². The van der Waals surface area contributed by atoms with Gasteiger partial charge in [0.25, 0.3) is 0 Å². The van der Waals surface area contributed by atoms with Crippen LogP contribution in [0.1, 0.15) is 24.0 Å². The Hall–Kier alpha value is -1.94. The highest BCUT2D eigenvalue weighted by atomic mass is 16.4. The molecular weight excluding hydrogens is 242 g/mol. The number of ketones is 1. The van der Waals surface area contributed by atoms with E-state index in [0.29, 0.717) is 18.6 Å². The number of likely N-dealkylation sites (tertiary alicyclic amines) is 1. The summed E-state index contributed by atoms with van der Waals surface area (Å²) in [5.74, 6) is -0.590. The van der Waals surface area contributed by atoms with Crippen LogP contribution in [0.25, 0.3) is 6.08 Å². The first-order valence-electron chi connectivity index (χ1n) is 6.37. The molecule has 0 aromatic heterocycles. The number of nitrogens with zero attached hydrogens (tertiary/aromatic N) is 1. The maximum absolute atomic E-state index is 11.2. The van der Waals surface area contributed by atoms with Crippen molar-refractivity contribution in [3.8, 4) is 0 Å². The zero-order valence-corrected chi connectivity index (χ0v) is 10.7. The maximum Gasteiger partial charge on any atom is 0.328 e. The van der Waals surface area contributed by atoms with Crippen LogP contribution in [0.3, 0.4) is 0 Å². The van der Waals surface area contributed by atoms with Gasteiger partial charge in [-0.1, -0.05) is 24.3 Å². The lowest BCUT2D eigenvalue weighted by Crippen LogP contribution is -2.33. The Morgan fingerprint density at radius 3 is 2.42 bits per heavy atom. The Morgan fingerprint density at radius 2 is 1.84 bits per heavy atom. The number of carbonyl (C=O) groups excluding carboxylic acids is 1. The minimum Gasteiger partial charge on any atom is -0.478 e. The molecule has 1 heterocycles. The summed E-state index contributed by atoms with van der Waals surface area (Å²) < 4.78 is 0. The van der Waals surface area contributed by atoms with E-state index in [1.807, 2.05) is 24.3 Å². The van der Waals surface area contributed by atoms with Gasteiger partial charge in [0.1, 0.15) is 5.78 Å². The molecule has 0 amide bonds. The summed E-state index contributed by atoms with van der Waals surface area (Å²) in [5, 5.41) is 8.55. The SMILES string of the molecule is O=C(O)C=Cc1ccc(CN2CCC(=O)CC2)cc1. The van der Waals surface area contributed by atoms with Crippen LogP contribution >= 0.6 is 0 Å². The quantitative estimate of drug-likeness (QED) is 0.840. The molecule has 0 radical (unpaired) electrons. The number of Topliss-reactive ketones (excluding diaryl/α,β-unsaturated/α-hetero) is 1. The predicted molar refractivity (Wildman–Crippen MR) is 72.6 cm³/mol. The van der Waals surface area contributed by atoms with Crippen LogP contribution in [-0.4, -0.2) is 34.8 Å². The van der Waals surface area contributed by atoms with E-state index < -0.39 is 5.97 Å². The lowest BCUT2D eigenvalue weighted by Gasteiger charge is -2.25. The Kier molecular flexibility index (Phi) is 4.47. The fourth-order valence-electron chi connectivity index (χ4n) is 2.12. The first kappa shape index (κ1) is 13.5. The highest BCUT2D eigenvalue weighted by molar-refractivity contribution is 5.85. The van der Waals surface area contributed by atoms with E-state index in [-0.39, 0.29) is 0 Å². The van der Waals surface area contributed by atoms with Gasteiger partial charge in [0.15, 0.2) is 0 Å². The van der Waals surface area contributed by atoms with Crippen molar-refractivity contribution in [2.75, 3.05) is 13.1 Å². The molecule has 1 aromatic rings. The number of rotatable bonds is 4. The van der Waals surface area contributed by atoms with E-state index >= 15 is 0 Å². The topological polar surface area (TPSA) is 57.6 Å². The van der Waals surface area contributed by atoms with Crippen LogP contribution in [0, 0.1) is 0 Å². The molecule has 2 rings (SSSR count). The summed E-state index contributed by atoms with van der Waals surface area (Å²) in [4.78, 5) is 23.8. The van der Waals surface area contributed by atoms with Gasteiger partial charge in [-0.15, -0.1) is 0 Å². The molecule has 1 N–H and O–H groups in total. The van der Waals surface area contributed by atoms with Crippen LogP contribution < -0.4 is 0 Å². The summed E-state index contributed by atoms with van der Waals surface area (Å²) in [5.41, 5.74) is 2.06. The Balaban J connectivity index is 1.91. The zero-order valence-electron chi connectivity index (χ0n) is 10.7. The van der Waals surface area contributed by atoms with E-state index in [0.717, 1.165) is 31.3 Å². The summed E-state index contributed by atoms with van der Waals surface area (Å²) in [7, 11) is 0. The van der Waals surface area contributed by atoms with E-state index in [2.05, 4.69) is 4.90 Å². The van der Waals surface area contributed by atoms with Crippen molar-refractivity contribution in [2.45, 2.75) is 19.4 Å². The summed E-state index contributed by atoms with van der Waals surface area (Å²) in [6.45, 7) is 2.51. The fourth-order valence-corrected chi connectivity index (χ4v) is 2.12. The highest BCUT2D eigenvalue weighted by Gasteiger charge is 2.15. The van der Waals surface area contributed by atoms with E-state index in [9.17, 15) is 9.59 Å². The molecule has 4 nitrogen and oxygen atoms in total. The molecule has 1 aromatic carbocycles. The van der Waals surface area contributed by atoms with E-state index in [4.69, 9.17) is 5.11 Å². The molecule has 0 spiro atoms. The van der Waals surface area contributed by atoms with Gasteiger partial charge in [0.05, 0.1) is 0 Å². The minimum atomic E-state index is -0.943. The lowest BCUT2D eigenvalue weighted by atomic mass is 10.1. The summed E-state index contributed by atoms with van der Waals surface area (Å²) in [6.07, 6.45) is 4.01. The second kappa shape index (κ2) is 6.29. The number of carboxylic acid groups (broad SMARTS) is 1. The van der Waals surface area contributed by atoms with Crippen LogP contribution in [0.5, 0.6) is 0 Å². The fraction of sp³-hybridized carbons (Fsp3) is 0.333. The zero-order chi connectivity index (χ0) is 13.7. The Morgan fingerprint density at radius 1 is 1.21 bits per heavy atom. The van der Waals surface area contributed by atoms with Crippen molar-refractivity contribution < 1.29 is 14.7 Å². The van der Waals surface area contributed by atoms with Gasteiger partial charge < -0.3 is 5.11 Å². The predicted octanol–water partition coefficient (Wildman–Crippen LogP) is 1.95. The number of piperidine rings is 1. The Labute approximate surface area is 112 Å². The third kappa shape index (κ3) is 4.34. The standard InChI is InChI=1S/C15H17NO3/c17-14-7-9-16(10-8-14)11-13-3-1-12(2-4-13)5-6-15(18)19/h1-6H,7-11H2,(H,18,19). The molecule has 1 saturated heterocycles. The molecular formula is C15H17NO3. The van der Waals surface area contributed by atoms with Crippen molar-refractivity contribution in [2.24, 2.45) is 0 Å². The van der Waals surface area contributed by atoms with E-state index in [1.54, 1.807) is 6.08 Å². The van der Waals surface area contributed by atoms with Gasteiger partial charge >= 0.3 is 5.97 Å². The molecule has 0 bridgehead atoms. The van der Waals surface area contributed by atoms with Gasteiger partial charge in [0.2, 0.25) is 0 Å². The van der Waals surface area contributed by atoms with Crippen LogP contribution in [0.4, 0.5) is 0 Å². The summed E-state index contributed by atoms with van der Waals surface area (Å²) >= 11 is 0. The van der Waals surface area contributed by atoms with Crippen molar-refractivity contribution >= 4 is 17.8 Å². The number of carboxylic acids is 1. The number of hydrogen-bond acceptors (Lipinski definition) is 3.